The van der Waals surface area contributed by atoms with Gasteiger partial charge in [0.05, 0.1) is 0 Å². The fourth-order valence-corrected chi connectivity index (χ4v) is 5.52. The van der Waals surface area contributed by atoms with Crippen molar-refractivity contribution in [3.8, 4) is 0 Å². The summed E-state index contributed by atoms with van der Waals surface area (Å²) in [6.07, 6.45) is 0.779. The molecule has 1 N–H and O–H groups in total. The first kappa shape index (κ1) is 16.9. The summed E-state index contributed by atoms with van der Waals surface area (Å²) in [4.78, 5) is 0.159. The standard InChI is InChI=1S/C12H13Br2N3O2S2/c1-7(2)5-11-15-16-12(20-11)17-21(18,19)10-4-3-8(13)6-9(10)14/h3-4,6-7H,5H2,1-2H3,(H,16,17). The van der Waals surface area contributed by atoms with Gasteiger partial charge < -0.3 is 0 Å². The summed E-state index contributed by atoms with van der Waals surface area (Å²) < 4.78 is 28.4. The molecule has 0 radical (unpaired) electrons. The maximum Gasteiger partial charge on any atom is 0.264 e. The Hall–Kier alpha value is -0.510. The molecule has 0 bridgehead atoms. The van der Waals surface area contributed by atoms with E-state index >= 15 is 0 Å². The number of benzene rings is 1. The van der Waals surface area contributed by atoms with E-state index in [1.54, 1.807) is 12.1 Å². The summed E-state index contributed by atoms with van der Waals surface area (Å²) in [5, 5.41) is 8.97. The molecular formula is C12H13Br2N3O2S2. The second kappa shape index (κ2) is 6.72. The summed E-state index contributed by atoms with van der Waals surface area (Å²) >= 11 is 7.80. The average molecular weight is 455 g/mol. The molecule has 0 spiro atoms. The summed E-state index contributed by atoms with van der Waals surface area (Å²) in [5.74, 6) is 0.447. The van der Waals surface area contributed by atoms with Crippen LogP contribution in [0.5, 0.6) is 0 Å². The molecule has 0 amide bonds. The third-order valence-corrected chi connectivity index (χ3v) is 6.25. The molecule has 0 saturated carbocycles. The lowest BCUT2D eigenvalue weighted by atomic mass is 10.1. The number of rotatable bonds is 5. The van der Waals surface area contributed by atoms with Crippen LogP contribution in [0.3, 0.4) is 0 Å². The molecule has 1 aromatic carbocycles. The minimum absolute atomic E-state index is 0.159. The topological polar surface area (TPSA) is 72.0 Å². The van der Waals surface area contributed by atoms with Crippen LogP contribution in [0.15, 0.2) is 32.0 Å². The zero-order chi connectivity index (χ0) is 15.6. The number of hydrogen-bond donors (Lipinski definition) is 1. The predicted molar refractivity (Wildman–Crippen MR) is 91.1 cm³/mol. The fraction of sp³-hybridized carbons (Fsp3) is 0.333. The molecule has 2 aromatic rings. The number of halogens is 2. The second-order valence-corrected chi connectivity index (χ2v) is 9.26. The average Bonchev–Trinajstić information content (AvgIpc) is 2.73. The number of anilines is 1. The van der Waals surface area contributed by atoms with Crippen molar-refractivity contribution in [2.45, 2.75) is 25.2 Å². The smallest absolute Gasteiger partial charge is 0.253 e. The Morgan fingerprint density at radius 1 is 1.29 bits per heavy atom. The van der Waals surface area contributed by atoms with E-state index in [2.05, 4.69) is 60.6 Å². The van der Waals surface area contributed by atoms with Gasteiger partial charge in [0.15, 0.2) is 0 Å². The molecule has 1 heterocycles. The van der Waals surface area contributed by atoms with Crippen LogP contribution in [0.25, 0.3) is 0 Å². The molecular weight excluding hydrogens is 442 g/mol. The van der Waals surface area contributed by atoms with Crippen molar-refractivity contribution in [3.63, 3.8) is 0 Å². The van der Waals surface area contributed by atoms with Gasteiger partial charge in [-0.15, -0.1) is 10.2 Å². The van der Waals surface area contributed by atoms with E-state index in [4.69, 9.17) is 0 Å². The molecule has 9 heteroatoms. The van der Waals surface area contributed by atoms with E-state index in [1.807, 2.05) is 0 Å². The van der Waals surface area contributed by atoms with E-state index < -0.39 is 10.0 Å². The Bertz CT molecular complexity index is 745. The van der Waals surface area contributed by atoms with Crippen molar-refractivity contribution in [1.29, 1.82) is 0 Å². The first-order valence-electron chi connectivity index (χ1n) is 6.08. The van der Waals surface area contributed by atoms with E-state index in [9.17, 15) is 8.42 Å². The number of nitrogens with one attached hydrogen (secondary N) is 1. The van der Waals surface area contributed by atoms with Crippen molar-refractivity contribution in [3.05, 3.63) is 32.2 Å². The lowest BCUT2D eigenvalue weighted by Crippen LogP contribution is -2.13. The number of sulfonamides is 1. The van der Waals surface area contributed by atoms with Crippen LogP contribution in [-0.4, -0.2) is 18.6 Å². The van der Waals surface area contributed by atoms with Crippen LogP contribution in [0, 0.1) is 5.92 Å². The Morgan fingerprint density at radius 2 is 2.00 bits per heavy atom. The Labute approximate surface area is 144 Å². The highest BCUT2D eigenvalue weighted by atomic mass is 79.9. The highest BCUT2D eigenvalue weighted by Gasteiger charge is 2.20. The molecule has 0 atom stereocenters. The van der Waals surface area contributed by atoms with Crippen LogP contribution in [0.2, 0.25) is 0 Å². The summed E-state index contributed by atoms with van der Waals surface area (Å²) in [5.41, 5.74) is 0. The lowest BCUT2D eigenvalue weighted by molar-refractivity contribution is 0.600. The molecule has 0 aliphatic heterocycles. The van der Waals surface area contributed by atoms with E-state index in [1.165, 1.54) is 17.4 Å². The Kier molecular flexibility index (Phi) is 5.39. The first-order valence-corrected chi connectivity index (χ1v) is 9.97. The van der Waals surface area contributed by atoms with Crippen molar-refractivity contribution in [2.24, 2.45) is 5.92 Å². The van der Waals surface area contributed by atoms with Crippen LogP contribution >= 0.6 is 43.2 Å². The van der Waals surface area contributed by atoms with Gasteiger partial charge in [0.2, 0.25) is 5.13 Å². The van der Waals surface area contributed by atoms with E-state index in [-0.39, 0.29) is 10.0 Å². The number of hydrogen-bond acceptors (Lipinski definition) is 5. The number of nitrogens with zero attached hydrogens (tertiary/aromatic N) is 2. The van der Waals surface area contributed by atoms with Crippen molar-refractivity contribution in [1.82, 2.24) is 10.2 Å². The first-order chi connectivity index (χ1) is 9.78. The monoisotopic (exact) mass is 453 g/mol. The van der Waals surface area contributed by atoms with Gasteiger partial charge in [-0.3, -0.25) is 4.72 Å². The van der Waals surface area contributed by atoms with Gasteiger partial charge in [-0.25, -0.2) is 8.42 Å². The van der Waals surface area contributed by atoms with Crippen molar-refractivity contribution < 1.29 is 8.42 Å². The van der Waals surface area contributed by atoms with Gasteiger partial charge in [0, 0.05) is 15.4 Å². The minimum Gasteiger partial charge on any atom is -0.253 e. The fourth-order valence-electron chi connectivity index (χ4n) is 1.59. The third kappa shape index (κ3) is 4.48. The summed E-state index contributed by atoms with van der Waals surface area (Å²) in [7, 11) is -3.69. The minimum atomic E-state index is -3.69. The van der Waals surface area contributed by atoms with Gasteiger partial charge in [0.1, 0.15) is 9.90 Å². The molecule has 21 heavy (non-hydrogen) atoms. The molecule has 5 nitrogen and oxygen atoms in total. The van der Waals surface area contributed by atoms with Crippen LogP contribution in [-0.2, 0) is 16.4 Å². The zero-order valence-electron chi connectivity index (χ0n) is 11.3. The van der Waals surface area contributed by atoms with E-state index in [0.29, 0.717) is 10.4 Å². The van der Waals surface area contributed by atoms with Gasteiger partial charge in [-0.1, -0.05) is 41.1 Å². The number of aromatic nitrogens is 2. The molecule has 0 aliphatic carbocycles. The van der Waals surface area contributed by atoms with Gasteiger partial charge >= 0.3 is 0 Å². The highest BCUT2D eigenvalue weighted by molar-refractivity contribution is 9.11. The maximum absolute atomic E-state index is 12.3. The molecule has 0 fully saturated rings. The largest absolute Gasteiger partial charge is 0.264 e. The van der Waals surface area contributed by atoms with Crippen molar-refractivity contribution in [2.75, 3.05) is 4.72 Å². The summed E-state index contributed by atoms with van der Waals surface area (Å²) in [6.45, 7) is 4.15. The van der Waals surface area contributed by atoms with Gasteiger partial charge in [0.25, 0.3) is 10.0 Å². The van der Waals surface area contributed by atoms with Gasteiger partial charge in [-0.05, 0) is 40.0 Å². The third-order valence-electron chi connectivity index (χ3n) is 2.45. The second-order valence-electron chi connectivity index (χ2n) is 4.78. The molecule has 0 aliphatic rings. The Morgan fingerprint density at radius 3 is 2.62 bits per heavy atom. The Balaban J connectivity index is 2.23. The molecule has 0 unspecified atom stereocenters. The lowest BCUT2D eigenvalue weighted by Gasteiger charge is -2.07. The highest BCUT2D eigenvalue weighted by Crippen LogP contribution is 2.28. The quantitative estimate of drug-likeness (QED) is 0.739. The van der Waals surface area contributed by atoms with Crippen LogP contribution < -0.4 is 4.72 Å². The van der Waals surface area contributed by atoms with Gasteiger partial charge in [-0.2, -0.15) is 0 Å². The molecule has 0 saturated heterocycles. The predicted octanol–water partition coefficient (Wildman–Crippen LogP) is 4.06. The SMILES string of the molecule is CC(C)Cc1nnc(NS(=O)(=O)c2ccc(Br)cc2Br)s1. The summed E-state index contributed by atoms with van der Waals surface area (Å²) in [6, 6.07) is 4.87. The van der Waals surface area contributed by atoms with Crippen molar-refractivity contribution >= 4 is 58.4 Å². The zero-order valence-corrected chi connectivity index (χ0v) is 16.1. The van der Waals surface area contributed by atoms with Crippen LogP contribution in [0.4, 0.5) is 5.13 Å². The molecule has 1 aromatic heterocycles. The van der Waals surface area contributed by atoms with Crippen LogP contribution in [0.1, 0.15) is 18.9 Å². The normalized spacial score (nSPS) is 11.9. The molecule has 2 rings (SSSR count). The maximum atomic E-state index is 12.3. The van der Waals surface area contributed by atoms with E-state index in [0.717, 1.165) is 15.9 Å². The molecule has 114 valence electrons.